The molecule has 0 heterocycles. The molecular weight excluding hydrogens is 234 g/mol. The summed E-state index contributed by atoms with van der Waals surface area (Å²) in [6.45, 7) is 3.14. The third-order valence-corrected chi connectivity index (χ3v) is 2.48. The predicted molar refractivity (Wildman–Crippen MR) is 67.7 cm³/mol. The number of carbonyl (C=O) groups is 1. The monoisotopic (exact) mass is 253 g/mol. The Morgan fingerprint density at radius 2 is 2.00 bits per heavy atom. The molecule has 18 heavy (non-hydrogen) atoms. The van der Waals surface area contributed by atoms with E-state index in [1.807, 2.05) is 0 Å². The molecule has 1 aromatic carbocycles. The van der Waals surface area contributed by atoms with Crippen molar-refractivity contribution in [2.24, 2.45) is 0 Å². The first-order valence-corrected chi connectivity index (χ1v) is 5.60. The van der Waals surface area contributed by atoms with E-state index in [2.05, 4.69) is 5.32 Å². The van der Waals surface area contributed by atoms with Gasteiger partial charge >= 0.3 is 0 Å². The molecule has 0 aliphatic carbocycles. The Bertz CT molecular complexity index is 423. The Morgan fingerprint density at radius 3 is 2.50 bits per heavy atom. The van der Waals surface area contributed by atoms with Gasteiger partial charge in [0.25, 0.3) is 5.91 Å². The highest BCUT2D eigenvalue weighted by molar-refractivity contribution is 5.83. The zero-order chi connectivity index (χ0) is 13.8. The second-order valence-electron chi connectivity index (χ2n) is 4.42. The van der Waals surface area contributed by atoms with Crippen LogP contribution in [0.25, 0.3) is 0 Å². The zero-order valence-corrected chi connectivity index (χ0v) is 11.1. The van der Waals surface area contributed by atoms with Crippen molar-refractivity contribution in [2.75, 3.05) is 14.2 Å². The fourth-order valence-corrected chi connectivity index (χ4v) is 1.41. The summed E-state index contributed by atoms with van der Waals surface area (Å²) in [6, 6.07) is 5.33. The lowest BCUT2D eigenvalue weighted by Gasteiger charge is -2.17. The number of aliphatic hydroxyl groups is 1. The fraction of sp³-hybridized carbons (Fsp3) is 0.462. The number of methoxy groups -OCH3 is 2. The number of rotatable bonds is 5. The maximum atomic E-state index is 11.6. The summed E-state index contributed by atoms with van der Waals surface area (Å²) < 4.78 is 10.3. The molecule has 0 fully saturated rings. The van der Waals surface area contributed by atoms with Gasteiger partial charge in [-0.3, -0.25) is 4.79 Å². The van der Waals surface area contributed by atoms with Crippen LogP contribution in [-0.4, -0.2) is 30.8 Å². The van der Waals surface area contributed by atoms with Crippen LogP contribution in [0.2, 0.25) is 0 Å². The van der Waals surface area contributed by atoms with Crippen molar-refractivity contribution < 1.29 is 19.4 Å². The molecule has 0 saturated heterocycles. The van der Waals surface area contributed by atoms with Crippen LogP contribution >= 0.6 is 0 Å². The van der Waals surface area contributed by atoms with E-state index in [0.717, 1.165) is 5.56 Å². The van der Waals surface area contributed by atoms with Gasteiger partial charge in [-0.2, -0.15) is 0 Å². The van der Waals surface area contributed by atoms with Crippen LogP contribution in [0.5, 0.6) is 11.5 Å². The van der Waals surface area contributed by atoms with Gasteiger partial charge in [0.2, 0.25) is 0 Å². The summed E-state index contributed by atoms with van der Waals surface area (Å²) in [5.41, 5.74) is -0.610. The molecule has 100 valence electrons. The first kappa shape index (κ1) is 14.3. The van der Waals surface area contributed by atoms with Gasteiger partial charge in [0.1, 0.15) is 17.1 Å². The van der Waals surface area contributed by atoms with Crippen molar-refractivity contribution in [1.82, 2.24) is 5.32 Å². The maximum absolute atomic E-state index is 11.6. The lowest BCUT2D eigenvalue weighted by Crippen LogP contribution is -2.41. The van der Waals surface area contributed by atoms with Gasteiger partial charge in [-0.15, -0.1) is 0 Å². The van der Waals surface area contributed by atoms with Gasteiger partial charge in [-0.05, 0) is 32.0 Å². The van der Waals surface area contributed by atoms with Gasteiger partial charge in [0.05, 0.1) is 14.2 Å². The number of hydrogen-bond donors (Lipinski definition) is 2. The molecule has 5 heteroatoms. The molecule has 5 nitrogen and oxygen atoms in total. The Hall–Kier alpha value is -1.75. The van der Waals surface area contributed by atoms with Crippen LogP contribution in [0.4, 0.5) is 0 Å². The molecular formula is C13H19NO4. The molecule has 2 N–H and O–H groups in total. The van der Waals surface area contributed by atoms with Gasteiger partial charge in [-0.1, -0.05) is 0 Å². The van der Waals surface area contributed by atoms with Gasteiger partial charge in [0.15, 0.2) is 0 Å². The van der Waals surface area contributed by atoms with Crippen molar-refractivity contribution in [3.05, 3.63) is 23.8 Å². The van der Waals surface area contributed by atoms with E-state index in [0.29, 0.717) is 11.5 Å². The molecule has 0 aliphatic heterocycles. The second kappa shape index (κ2) is 5.73. The smallest absolute Gasteiger partial charge is 0.251 e. The van der Waals surface area contributed by atoms with Gasteiger partial charge in [0, 0.05) is 12.1 Å². The Morgan fingerprint density at radius 1 is 1.33 bits per heavy atom. The summed E-state index contributed by atoms with van der Waals surface area (Å²) in [7, 11) is 3.13. The van der Waals surface area contributed by atoms with E-state index in [9.17, 15) is 9.90 Å². The minimum absolute atomic E-state index is 0.267. The summed E-state index contributed by atoms with van der Waals surface area (Å²) in [5.74, 6) is 0.905. The third kappa shape index (κ3) is 3.63. The largest absolute Gasteiger partial charge is 0.497 e. The molecule has 0 bridgehead atoms. The van der Waals surface area contributed by atoms with E-state index < -0.39 is 11.5 Å². The van der Waals surface area contributed by atoms with Crippen molar-refractivity contribution in [3.63, 3.8) is 0 Å². The Labute approximate surface area is 107 Å². The molecule has 0 saturated carbocycles. The summed E-state index contributed by atoms with van der Waals surface area (Å²) in [4.78, 5) is 11.6. The standard InChI is InChI=1S/C13H19NO4/c1-13(2,16)12(15)14-8-9-7-10(17-3)5-6-11(9)18-4/h5-7,16H,8H2,1-4H3,(H,14,15). The minimum Gasteiger partial charge on any atom is -0.497 e. The SMILES string of the molecule is COc1ccc(OC)c(CNC(=O)C(C)(C)O)c1. The van der Waals surface area contributed by atoms with E-state index in [1.54, 1.807) is 32.4 Å². The molecule has 1 rings (SSSR count). The molecule has 1 amide bonds. The van der Waals surface area contributed by atoms with Crippen molar-refractivity contribution in [3.8, 4) is 11.5 Å². The molecule has 0 radical (unpaired) electrons. The highest BCUT2D eigenvalue weighted by atomic mass is 16.5. The Balaban J connectivity index is 2.80. The van der Waals surface area contributed by atoms with Crippen LogP contribution in [0, 0.1) is 0 Å². The molecule has 0 aliphatic rings. The van der Waals surface area contributed by atoms with E-state index in [-0.39, 0.29) is 6.54 Å². The fourth-order valence-electron chi connectivity index (χ4n) is 1.41. The maximum Gasteiger partial charge on any atom is 0.251 e. The summed E-state index contributed by atoms with van der Waals surface area (Å²) in [5, 5.41) is 12.2. The lowest BCUT2D eigenvalue weighted by atomic mass is 10.1. The third-order valence-electron chi connectivity index (χ3n) is 2.48. The molecule has 0 aromatic heterocycles. The zero-order valence-electron chi connectivity index (χ0n) is 11.1. The number of amides is 1. The quantitative estimate of drug-likeness (QED) is 0.824. The minimum atomic E-state index is -1.40. The number of hydrogen-bond acceptors (Lipinski definition) is 4. The number of ether oxygens (including phenoxy) is 2. The average molecular weight is 253 g/mol. The summed E-state index contributed by atoms with van der Waals surface area (Å²) >= 11 is 0. The van der Waals surface area contributed by atoms with E-state index >= 15 is 0 Å². The van der Waals surface area contributed by atoms with Crippen molar-refractivity contribution in [1.29, 1.82) is 0 Å². The summed E-state index contributed by atoms with van der Waals surface area (Å²) in [6.07, 6.45) is 0. The normalized spacial score (nSPS) is 10.9. The van der Waals surface area contributed by atoms with Gasteiger partial charge in [-0.25, -0.2) is 0 Å². The highest BCUT2D eigenvalue weighted by Crippen LogP contribution is 2.23. The van der Waals surface area contributed by atoms with Gasteiger partial charge < -0.3 is 19.9 Å². The number of carbonyl (C=O) groups excluding carboxylic acids is 1. The number of benzene rings is 1. The molecule has 0 spiro atoms. The van der Waals surface area contributed by atoms with Crippen LogP contribution in [-0.2, 0) is 11.3 Å². The molecule has 0 atom stereocenters. The molecule has 1 aromatic rings. The lowest BCUT2D eigenvalue weighted by molar-refractivity contribution is -0.136. The average Bonchev–Trinajstić information content (AvgIpc) is 2.34. The van der Waals surface area contributed by atoms with E-state index in [4.69, 9.17) is 9.47 Å². The van der Waals surface area contributed by atoms with Crippen LogP contribution < -0.4 is 14.8 Å². The first-order chi connectivity index (χ1) is 8.38. The number of nitrogens with one attached hydrogen (secondary N) is 1. The highest BCUT2D eigenvalue weighted by Gasteiger charge is 2.23. The predicted octanol–water partition coefficient (Wildman–Crippen LogP) is 1.09. The topological polar surface area (TPSA) is 67.8 Å². The van der Waals surface area contributed by atoms with Crippen molar-refractivity contribution >= 4 is 5.91 Å². The molecule has 0 unspecified atom stereocenters. The van der Waals surface area contributed by atoms with Crippen LogP contribution in [0.3, 0.4) is 0 Å². The first-order valence-electron chi connectivity index (χ1n) is 5.60. The van der Waals surface area contributed by atoms with Crippen LogP contribution in [0.1, 0.15) is 19.4 Å². The second-order valence-corrected chi connectivity index (χ2v) is 4.42. The van der Waals surface area contributed by atoms with E-state index in [1.165, 1.54) is 13.8 Å². The van der Waals surface area contributed by atoms with Crippen LogP contribution in [0.15, 0.2) is 18.2 Å². The van der Waals surface area contributed by atoms with Crippen molar-refractivity contribution in [2.45, 2.75) is 26.0 Å². The Kier molecular flexibility index (Phi) is 4.55.